The molecular formula is C10H8N2S. The van der Waals surface area contributed by atoms with Crippen molar-refractivity contribution in [2.75, 3.05) is 5.73 Å². The van der Waals surface area contributed by atoms with Gasteiger partial charge in [0.15, 0.2) is 0 Å². The predicted octanol–water partition coefficient (Wildman–Crippen LogP) is 2.96. The zero-order chi connectivity index (χ0) is 8.84. The summed E-state index contributed by atoms with van der Waals surface area (Å²) in [6, 6.07) is 8.32. The number of anilines is 1. The highest BCUT2D eigenvalue weighted by atomic mass is 32.1. The average molecular weight is 188 g/mol. The van der Waals surface area contributed by atoms with Crippen LogP contribution in [-0.2, 0) is 0 Å². The zero-order valence-corrected chi connectivity index (χ0v) is 7.69. The number of aromatic amines is 1. The molecule has 3 heteroatoms. The molecule has 0 bridgehead atoms. The maximum Gasteiger partial charge on any atom is 0.0869 e. The van der Waals surface area contributed by atoms with Crippen LogP contribution in [0, 0.1) is 0 Å². The lowest BCUT2D eigenvalue weighted by Crippen LogP contribution is -1.73. The second kappa shape index (κ2) is 2.26. The quantitative estimate of drug-likeness (QED) is 0.559. The normalized spacial score (nSPS) is 11.4. The lowest BCUT2D eigenvalue weighted by molar-refractivity contribution is 1.48. The van der Waals surface area contributed by atoms with Crippen molar-refractivity contribution in [2.45, 2.75) is 0 Å². The summed E-state index contributed by atoms with van der Waals surface area (Å²) in [6.07, 6.45) is 1.96. The molecule has 2 nitrogen and oxygen atoms in total. The molecule has 0 saturated carbocycles. The highest BCUT2D eigenvalue weighted by Gasteiger charge is 2.03. The van der Waals surface area contributed by atoms with E-state index in [0.29, 0.717) is 0 Å². The fourth-order valence-corrected chi connectivity index (χ4v) is 2.52. The van der Waals surface area contributed by atoms with Crippen molar-refractivity contribution in [1.82, 2.24) is 4.98 Å². The van der Waals surface area contributed by atoms with Gasteiger partial charge in [0.05, 0.1) is 5.00 Å². The van der Waals surface area contributed by atoms with E-state index in [2.05, 4.69) is 23.2 Å². The maximum atomic E-state index is 5.76. The number of nitrogen functional groups attached to an aromatic ring is 1. The van der Waals surface area contributed by atoms with Gasteiger partial charge in [-0.2, -0.15) is 0 Å². The van der Waals surface area contributed by atoms with Crippen LogP contribution >= 0.6 is 11.3 Å². The first kappa shape index (κ1) is 6.97. The van der Waals surface area contributed by atoms with E-state index in [1.807, 2.05) is 12.3 Å². The molecule has 3 aromatic rings. The van der Waals surface area contributed by atoms with Crippen LogP contribution in [0.1, 0.15) is 0 Å². The van der Waals surface area contributed by atoms with Crippen molar-refractivity contribution in [3.63, 3.8) is 0 Å². The Hall–Kier alpha value is -1.48. The first-order valence-electron chi connectivity index (χ1n) is 4.10. The van der Waals surface area contributed by atoms with E-state index in [1.54, 1.807) is 11.3 Å². The zero-order valence-electron chi connectivity index (χ0n) is 6.87. The molecule has 2 heterocycles. The first-order chi connectivity index (χ1) is 6.34. The van der Waals surface area contributed by atoms with Gasteiger partial charge in [-0.1, -0.05) is 0 Å². The number of aromatic nitrogens is 1. The predicted molar refractivity (Wildman–Crippen MR) is 58.1 cm³/mol. The summed E-state index contributed by atoms with van der Waals surface area (Å²) < 4.78 is 1.25. The standard InChI is InChI=1S/C10H8N2S/c11-10-5-7-6-3-4-12-8(6)1-2-9(7)13-10/h1-5,12H,11H2. The number of fused-ring (bicyclic) bond motifs is 3. The van der Waals surface area contributed by atoms with E-state index in [9.17, 15) is 0 Å². The van der Waals surface area contributed by atoms with E-state index < -0.39 is 0 Å². The number of H-pyrrole nitrogens is 1. The number of benzene rings is 1. The summed E-state index contributed by atoms with van der Waals surface area (Å²) in [5.74, 6) is 0. The summed E-state index contributed by atoms with van der Waals surface area (Å²) in [7, 11) is 0. The molecule has 0 aliphatic rings. The van der Waals surface area contributed by atoms with Gasteiger partial charge in [0.25, 0.3) is 0 Å². The highest BCUT2D eigenvalue weighted by molar-refractivity contribution is 7.22. The van der Waals surface area contributed by atoms with E-state index in [1.165, 1.54) is 21.0 Å². The molecule has 0 fully saturated rings. The first-order valence-corrected chi connectivity index (χ1v) is 4.91. The van der Waals surface area contributed by atoms with Crippen LogP contribution in [0.15, 0.2) is 30.5 Å². The Kier molecular flexibility index (Phi) is 1.21. The highest BCUT2D eigenvalue weighted by Crippen LogP contribution is 2.32. The Bertz CT molecular complexity index is 577. The average Bonchev–Trinajstić information content (AvgIpc) is 2.65. The number of nitrogens with two attached hydrogens (primary N) is 1. The molecule has 13 heavy (non-hydrogen) atoms. The largest absolute Gasteiger partial charge is 0.391 e. The summed E-state index contributed by atoms with van der Waals surface area (Å²) >= 11 is 1.63. The fraction of sp³-hybridized carbons (Fsp3) is 0. The molecule has 0 saturated heterocycles. The summed E-state index contributed by atoms with van der Waals surface area (Å²) in [5, 5.41) is 3.38. The molecule has 1 aromatic carbocycles. The molecule has 0 spiro atoms. The molecular weight excluding hydrogens is 180 g/mol. The van der Waals surface area contributed by atoms with Gasteiger partial charge in [0.1, 0.15) is 0 Å². The lowest BCUT2D eigenvalue weighted by atomic mass is 10.2. The van der Waals surface area contributed by atoms with Crippen LogP contribution in [0.2, 0.25) is 0 Å². The van der Waals surface area contributed by atoms with Crippen molar-refractivity contribution in [1.29, 1.82) is 0 Å². The Balaban J connectivity index is 2.64. The van der Waals surface area contributed by atoms with Gasteiger partial charge in [-0.3, -0.25) is 0 Å². The minimum Gasteiger partial charge on any atom is -0.391 e. The Morgan fingerprint density at radius 2 is 2.08 bits per heavy atom. The van der Waals surface area contributed by atoms with Crippen molar-refractivity contribution in [3.05, 3.63) is 30.5 Å². The molecule has 0 atom stereocenters. The molecule has 3 N–H and O–H groups in total. The minimum absolute atomic E-state index is 0.878. The van der Waals surface area contributed by atoms with Crippen LogP contribution in [0.3, 0.4) is 0 Å². The van der Waals surface area contributed by atoms with Crippen LogP contribution in [0.5, 0.6) is 0 Å². The Labute approximate surface area is 79.0 Å². The molecule has 64 valence electrons. The number of thiophene rings is 1. The SMILES string of the molecule is Nc1cc2c(ccc3[nH]ccc32)s1. The molecule has 3 rings (SSSR count). The number of hydrogen-bond acceptors (Lipinski definition) is 2. The molecule has 0 aliphatic heterocycles. The van der Waals surface area contributed by atoms with E-state index >= 15 is 0 Å². The molecule has 2 aromatic heterocycles. The maximum absolute atomic E-state index is 5.76. The van der Waals surface area contributed by atoms with Crippen molar-refractivity contribution >= 4 is 37.3 Å². The van der Waals surface area contributed by atoms with E-state index in [4.69, 9.17) is 5.73 Å². The van der Waals surface area contributed by atoms with Gasteiger partial charge in [-0.05, 0) is 24.3 Å². The molecule has 0 amide bonds. The molecule has 0 unspecified atom stereocenters. The van der Waals surface area contributed by atoms with Gasteiger partial charge >= 0.3 is 0 Å². The lowest BCUT2D eigenvalue weighted by Gasteiger charge is -1.90. The third-order valence-electron chi connectivity index (χ3n) is 2.25. The number of rotatable bonds is 0. The third kappa shape index (κ3) is 0.876. The second-order valence-electron chi connectivity index (χ2n) is 3.07. The monoisotopic (exact) mass is 188 g/mol. The Morgan fingerprint density at radius 3 is 3.00 bits per heavy atom. The minimum atomic E-state index is 0.878. The summed E-state index contributed by atoms with van der Waals surface area (Å²) in [5.41, 5.74) is 6.93. The van der Waals surface area contributed by atoms with Crippen LogP contribution in [0.25, 0.3) is 21.0 Å². The molecule has 0 aliphatic carbocycles. The van der Waals surface area contributed by atoms with Gasteiger partial charge in [0, 0.05) is 27.2 Å². The van der Waals surface area contributed by atoms with Crippen LogP contribution in [0.4, 0.5) is 5.00 Å². The van der Waals surface area contributed by atoms with Gasteiger partial charge in [-0.15, -0.1) is 11.3 Å². The summed E-state index contributed by atoms with van der Waals surface area (Å²) in [4.78, 5) is 3.18. The Morgan fingerprint density at radius 1 is 1.15 bits per heavy atom. The van der Waals surface area contributed by atoms with Crippen molar-refractivity contribution in [3.8, 4) is 0 Å². The van der Waals surface area contributed by atoms with Gasteiger partial charge in [-0.25, -0.2) is 0 Å². The van der Waals surface area contributed by atoms with Crippen molar-refractivity contribution in [2.24, 2.45) is 0 Å². The van der Waals surface area contributed by atoms with Crippen LogP contribution < -0.4 is 5.73 Å². The van der Waals surface area contributed by atoms with Crippen LogP contribution in [-0.4, -0.2) is 4.98 Å². The fourth-order valence-electron chi connectivity index (χ4n) is 1.67. The van der Waals surface area contributed by atoms with Gasteiger partial charge < -0.3 is 10.7 Å². The summed E-state index contributed by atoms with van der Waals surface area (Å²) in [6.45, 7) is 0. The smallest absolute Gasteiger partial charge is 0.0869 e. The van der Waals surface area contributed by atoms with E-state index in [0.717, 1.165) is 5.00 Å². The topological polar surface area (TPSA) is 41.8 Å². The van der Waals surface area contributed by atoms with Crippen molar-refractivity contribution < 1.29 is 0 Å². The number of hydrogen-bond donors (Lipinski definition) is 2. The second-order valence-corrected chi connectivity index (χ2v) is 4.18. The van der Waals surface area contributed by atoms with E-state index in [-0.39, 0.29) is 0 Å². The number of nitrogens with one attached hydrogen (secondary N) is 1. The third-order valence-corrected chi connectivity index (χ3v) is 3.18. The van der Waals surface area contributed by atoms with Gasteiger partial charge in [0.2, 0.25) is 0 Å². The molecule has 0 radical (unpaired) electrons.